The molecule has 1 aromatic carbocycles. The van der Waals surface area contributed by atoms with Crippen LogP contribution in [0.1, 0.15) is 27.8 Å². The first-order valence-electron chi connectivity index (χ1n) is 8.81. The van der Waals surface area contributed by atoms with Crippen LogP contribution < -0.4 is 16.0 Å². The van der Waals surface area contributed by atoms with Gasteiger partial charge in [0, 0.05) is 5.38 Å². The highest BCUT2D eigenvalue weighted by Gasteiger charge is 2.17. The number of fused-ring (bicyclic) bond motifs is 1. The van der Waals surface area contributed by atoms with Crippen molar-refractivity contribution < 1.29 is 14.6 Å². The van der Waals surface area contributed by atoms with Gasteiger partial charge in [0.1, 0.15) is 16.7 Å². The van der Waals surface area contributed by atoms with E-state index in [0.29, 0.717) is 16.1 Å². The summed E-state index contributed by atoms with van der Waals surface area (Å²) in [5.74, 6) is 0.263. The molecule has 0 aliphatic heterocycles. The number of carbonyl (C=O) groups excluding carboxylic acids is 1. The summed E-state index contributed by atoms with van der Waals surface area (Å²) in [7, 11) is 1.57. The van der Waals surface area contributed by atoms with Crippen molar-refractivity contribution in [3.63, 3.8) is 0 Å². The lowest BCUT2D eigenvalue weighted by molar-refractivity contribution is 0.100. The molecule has 4 aromatic rings. The number of thiophene rings is 1. The second kappa shape index (κ2) is 8.00. The maximum Gasteiger partial charge on any atom is 0.263 e. The molecule has 12 heteroatoms. The number of amides is 1. The quantitative estimate of drug-likeness (QED) is 0.428. The lowest BCUT2D eigenvalue weighted by atomic mass is 10.1. The Bertz CT molecular complexity index is 1260. The van der Waals surface area contributed by atoms with E-state index < -0.39 is 17.6 Å². The molecular formula is C18H17N7O4S. The van der Waals surface area contributed by atoms with Crippen molar-refractivity contribution >= 4 is 27.5 Å². The number of tetrazole rings is 1. The molecule has 3 heterocycles. The van der Waals surface area contributed by atoms with Gasteiger partial charge >= 0.3 is 0 Å². The average molecular weight is 427 g/mol. The van der Waals surface area contributed by atoms with Gasteiger partial charge < -0.3 is 15.6 Å². The summed E-state index contributed by atoms with van der Waals surface area (Å²) < 4.78 is 6.38. The number of benzene rings is 1. The maximum absolute atomic E-state index is 12.7. The Morgan fingerprint density at radius 3 is 2.80 bits per heavy atom. The molecule has 0 aliphatic rings. The minimum Gasteiger partial charge on any atom is -0.497 e. The van der Waals surface area contributed by atoms with Crippen molar-refractivity contribution in [2.75, 3.05) is 7.11 Å². The number of ether oxygens (including phenoxy) is 1. The monoisotopic (exact) mass is 427 g/mol. The molecule has 0 saturated heterocycles. The number of hydrogen-bond acceptors (Lipinski definition) is 9. The molecule has 0 bridgehead atoms. The Balaban J connectivity index is 1.52. The molecule has 0 saturated carbocycles. The number of aromatic nitrogens is 6. The molecule has 4 rings (SSSR count). The lowest BCUT2D eigenvalue weighted by Gasteiger charge is -2.10. The summed E-state index contributed by atoms with van der Waals surface area (Å²) in [5.41, 5.74) is 5.74. The number of primary amides is 1. The third-order valence-corrected chi connectivity index (χ3v) is 5.36. The first kappa shape index (κ1) is 19.7. The van der Waals surface area contributed by atoms with Crippen molar-refractivity contribution in [1.29, 1.82) is 0 Å². The van der Waals surface area contributed by atoms with E-state index in [-0.39, 0.29) is 29.9 Å². The van der Waals surface area contributed by atoms with Gasteiger partial charge in [-0.2, -0.15) is 4.80 Å². The predicted molar refractivity (Wildman–Crippen MR) is 107 cm³/mol. The first-order valence-corrected chi connectivity index (χ1v) is 9.69. The SMILES string of the molecule is COc1ccc([C@@H](O)Cn2nnc(Cn3cnc4scc(C(N)=O)c4c3=O)n2)cc1. The van der Waals surface area contributed by atoms with E-state index in [4.69, 9.17) is 10.5 Å². The van der Waals surface area contributed by atoms with E-state index in [2.05, 4.69) is 20.4 Å². The highest BCUT2D eigenvalue weighted by molar-refractivity contribution is 7.17. The van der Waals surface area contributed by atoms with Gasteiger partial charge in [0.2, 0.25) is 5.91 Å². The van der Waals surface area contributed by atoms with Gasteiger partial charge in [-0.3, -0.25) is 14.2 Å². The third kappa shape index (κ3) is 3.77. The van der Waals surface area contributed by atoms with Crippen molar-refractivity contribution in [3.05, 3.63) is 63.3 Å². The summed E-state index contributed by atoms with van der Waals surface area (Å²) in [6.07, 6.45) is 0.515. The number of aliphatic hydroxyl groups excluding tert-OH is 1. The van der Waals surface area contributed by atoms with Crippen LogP contribution >= 0.6 is 11.3 Å². The van der Waals surface area contributed by atoms with Crippen molar-refractivity contribution in [3.8, 4) is 5.75 Å². The van der Waals surface area contributed by atoms with Gasteiger partial charge in [0.15, 0.2) is 5.82 Å². The maximum atomic E-state index is 12.7. The number of nitrogens with two attached hydrogens (primary N) is 1. The molecule has 0 spiro atoms. The zero-order valence-corrected chi connectivity index (χ0v) is 16.6. The molecule has 3 aromatic heterocycles. The van der Waals surface area contributed by atoms with E-state index >= 15 is 0 Å². The molecule has 3 N–H and O–H groups in total. The van der Waals surface area contributed by atoms with Crippen LogP contribution in [0, 0.1) is 0 Å². The number of nitrogens with zero attached hydrogens (tertiary/aromatic N) is 6. The van der Waals surface area contributed by atoms with Gasteiger partial charge in [-0.15, -0.1) is 21.5 Å². The van der Waals surface area contributed by atoms with Gasteiger partial charge in [-0.25, -0.2) is 4.98 Å². The molecule has 154 valence electrons. The van der Waals surface area contributed by atoms with Gasteiger partial charge in [0.25, 0.3) is 5.56 Å². The van der Waals surface area contributed by atoms with Crippen LogP contribution in [0.4, 0.5) is 0 Å². The van der Waals surface area contributed by atoms with Crippen molar-refractivity contribution in [2.24, 2.45) is 5.73 Å². The van der Waals surface area contributed by atoms with Crippen LogP contribution in [0.15, 0.2) is 40.8 Å². The minimum absolute atomic E-state index is 0.00839. The highest BCUT2D eigenvalue weighted by Crippen LogP contribution is 2.20. The Kier molecular flexibility index (Phi) is 5.25. The molecular weight excluding hydrogens is 410 g/mol. The fraction of sp³-hybridized carbons (Fsp3) is 0.222. The van der Waals surface area contributed by atoms with Gasteiger partial charge in [-0.1, -0.05) is 12.1 Å². The normalized spacial score (nSPS) is 12.2. The molecule has 0 aliphatic carbocycles. The first-order chi connectivity index (χ1) is 14.5. The Morgan fingerprint density at radius 1 is 1.33 bits per heavy atom. The average Bonchev–Trinajstić information content (AvgIpc) is 3.37. The molecule has 0 radical (unpaired) electrons. The fourth-order valence-electron chi connectivity index (χ4n) is 2.92. The van der Waals surface area contributed by atoms with Crippen LogP contribution in [0.5, 0.6) is 5.75 Å². The van der Waals surface area contributed by atoms with E-state index in [1.165, 1.54) is 32.4 Å². The summed E-state index contributed by atoms with van der Waals surface area (Å²) >= 11 is 1.17. The van der Waals surface area contributed by atoms with E-state index in [0.717, 1.165) is 0 Å². The van der Waals surface area contributed by atoms with Crippen LogP contribution in [0.25, 0.3) is 10.2 Å². The standard InChI is InChI=1S/C18H17N7O4S/c1-29-11-4-2-10(3-5-11)13(26)6-25-22-14(21-23-25)7-24-9-20-17-15(18(24)28)12(8-30-17)16(19)27/h2-5,8-9,13,26H,6-7H2,1H3,(H2,19,27)/t13-/m0/s1. The molecule has 0 fully saturated rings. The van der Waals surface area contributed by atoms with Crippen LogP contribution in [-0.2, 0) is 13.1 Å². The van der Waals surface area contributed by atoms with Crippen molar-refractivity contribution in [2.45, 2.75) is 19.2 Å². The largest absolute Gasteiger partial charge is 0.497 e. The second-order valence-electron chi connectivity index (χ2n) is 6.42. The van der Waals surface area contributed by atoms with Crippen molar-refractivity contribution in [1.82, 2.24) is 29.8 Å². The Hall–Kier alpha value is -3.64. The van der Waals surface area contributed by atoms with Crippen LogP contribution in [0.2, 0.25) is 0 Å². The summed E-state index contributed by atoms with van der Waals surface area (Å²) in [5, 5.41) is 24.1. The molecule has 1 atom stereocenters. The number of methoxy groups -OCH3 is 1. The van der Waals surface area contributed by atoms with Crippen LogP contribution in [-0.4, -0.2) is 47.9 Å². The smallest absolute Gasteiger partial charge is 0.263 e. The Morgan fingerprint density at radius 2 is 2.10 bits per heavy atom. The van der Waals surface area contributed by atoms with Gasteiger partial charge in [-0.05, 0) is 22.9 Å². The van der Waals surface area contributed by atoms with Gasteiger partial charge in [0.05, 0.1) is 37.5 Å². The second-order valence-corrected chi connectivity index (χ2v) is 7.28. The van der Waals surface area contributed by atoms with E-state index in [1.54, 1.807) is 31.4 Å². The zero-order valence-electron chi connectivity index (χ0n) is 15.8. The fourth-order valence-corrected chi connectivity index (χ4v) is 3.80. The molecule has 1 amide bonds. The summed E-state index contributed by atoms with van der Waals surface area (Å²) in [6.45, 7) is 0.0936. The molecule has 30 heavy (non-hydrogen) atoms. The number of carbonyl (C=O) groups is 1. The Labute approximate surface area is 173 Å². The minimum atomic E-state index is -0.845. The molecule has 11 nitrogen and oxygen atoms in total. The highest BCUT2D eigenvalue weighted by atomic mass is 32.1. The molecule has 0 unspecified atom stereocenters. The van der Waals surface area contributed by atoms with E-state index in [9.17, 15) is 14.7 Å². The van der Waals surface area contributed by atoms with Crippen LogP contribution in [0.3, 0.4) is 0 Å². The summed E-state index contributed by atoms with van der Waals surface area (Å²) in [6, 6.07) is 7.00. The third-order valence-electron chi connectivity index (χ3n) is 4.47. The number of aliphatic hydroxyl groups is 1. The predicted octanol–water partition coefficient (Wildman–Crippen LogP) is 0.334. The zero-order chi connectivity index (χ0) is 21.3. The number of rotatable bonds is 7. The summed E-state index contributed by atoms with van der Waals surface area (Å²) in [4.78, 5) is 30.1. The lowest BCUT2D eigenvalue weighted by Crippen LogP contribution is -2.23. The number of hydrogen-bond donors (Lipinski definition) is 2. The van der Waals surface area contributed by atoms with E-state index in [1.807, 2.05) is 0 Å². The topological polar surface area (TPSA) is 151 Å².